The van der Waals surface area contributed by atoms with Crippen molar-refractivity contribution < 1.29 is 18.7 Å². The zero-order valence-corrected chi connectivity index (χ0v) is 12.9. The van der Waals surface area contributed by atoms with Gasteiger partial charge in [-0.05, 0) is 41.9 Å². The lowest BCUT2D eigenvalue weighted by Crippen LogP contribution is -2.34. The van der Waals surface area contributed by atoms with Crippen LogP contribution in [-0.2, 0) is 9.53 Å². The van der Waals surface area contributed by atoms with E-state index in [9.17, 15) is 14.0 Å². The number of esters is 1. The molecule has 2 N–H and O–H groups in total. The number of carbonyl (C=O) groups excluding carboxylic acids is 2. The number of rotatable bonds is 5. The van der Waals surface area contributed by atoms with Crippen LogP contribution in [0.4, 0.5) is 10.1 Å². The van der Waals surface area contributed by atoms with Gasteiger partial charge in [-0.25, -0.2) is 9.18 Å². The molecule has 0 aliphatic carbocycles. The van der Waals surface area contributed by atoms with Crippen molar-refractivity contribution in [3.8, 4) is 0 Å². The van der Waals surface area contributed by atoms with E-state index in [2.05, 4.69) is 15.9 Å². The fraction of sp³-hybridized carbons (Fsp3) is 0.385. The number of halogens is 2. The summed E-state index contributed by atoms with van der Waals surface area (Å²) < 4.78 is 18.3. The summed E-state index contributed by atoms with van der Waals surface area (Å²) in [5, 5.41) is 0. The minimum atomic E-state index is -0.732. The molecule has 0 radical (unpaired) electrons. The van der Waals surface area contributed by atoms with Gasteiger partial charge >= 0.3 is 5.97 Å². The van der Waals surface area contributed by atoms with Crippen molar-refractivity contribution in [3.63, 3.8) is 0 Å². The summed E-state index contributed by atoms with van der Waals surface area (Å²) in [5.41, 5.74) is 5.32. The molecule has 7 heteroatoms. The molecular weight excluding hydrogens is 331 g/mol. The second kappa shape index (κ2) is 7.23. The summed E-state index contributed by atoms with van der Waals surface area (Å²) in [6, 6.07) is 2.25. The highest BCUT2D eigenvalue weighted by Crippen LogP contribution is 2.23. The number of ether oxygens (including phenoxy) is 1. The zero-order chi connectivity index (χ0) is 15.3. The quantitative estimate of drug-likeness (QED) is 0.655. The Balaban J connectivity index is 2.73. The molecule has 0 saturated heterocycles. The van der Waals surface area contributed by atoms with Crippen LogP contribution in [0.3, 0.4) is 0 Å². The van der Waals surface area contributed by atoms with E-state index in [0.717, 1.165) is 6.07 Å². The minimum absolute atomic E-state index is 0.0799. The maximum Gasteiger partial charge on any atom is 0.339 e. The van der Waals surface area contributed by atoms with Crippen molar-refractivity contribution in [2.24, 2.45) is 0 Å². The van der Waals surface area contributed by atoms with E-state index in [1.165, 1.54) is 6.07 Å². The molecule has 0 spiro atoms. The highest BCUT2D eigenvalue weighted by atomic mass is 79.9. The van der Waals surface area contributed by atoms with Gasteiger partial charge in [-0.15, -0.1) is 0 Å². The fourth-order valence-corrected chi connectivity index (χ4v) is 2.07. The van der Waals surface area contributed by atoms with E-state index in [4.69, 9.17) is 10.5 Å². The molecule has 0 aliphatic rings. The van der Waals surface area contributed by atoms with Gasteiger partial charge in [0.2, 0.25) is 0 Å². The van der Waals surface area contributed by atoms with E-state index in [1.54, 1.807) is 4.90 Å². The van der Waals surface area contributed by atoms with E-state index in [0.29, 0.717) is 13.1 Å². The number of hydrogen-bond acceptors (Lipinski definition) is 4. The highest BCUT2D eigenvalue weighted by Gasteiger charge is 2.17. The monoisotopic (exact) mass is 346 g/mol. The standard InChI is InChI=1S/C13H16BrFN2O3/c1-3-17(4-2)12(18)7-20-13(19)8-5-11(16)10(15)6-9(8)14/h5-6H,3-4,7,16H2,1-2H3. The van der Waals surface area contributed by atoms with Crippen LogP contribution in [0.5, 0.6) is 0 Å². The Morgan fingerprint density at radius 1 is 1.35 bits per heavy atom. The Kier molecular flexibility index (Phi) is 5.94. The fourth-order valence-electron chi connectivity index (χ4n) is 1.59. The number of benzene rings is 1. The predicted octanol–water partition coefficient (Wildman–Crippen LogP) is 2.20. The first kappa shape index (κ1) is 16.4. The normalized spacial score (nSPS) is 10.2. The van der Waals surface area contributed by atoms with Gasteiger partial charge in [0, 0.05) is 17.6 Å². The molecule has 1 rings (SSSR count). The maximum atomic E-state index is 13.2. The van der Waals surface area contributed by atoms with Crippen LogP contribution in [-0.4, -0.2) is 36.5 Å². The van der Waals surface area contributed by atoms with Crippen LogP contribution in [0, 0.1) is 5.82 Å². The average Bonchev–Trinajstić information content (AvgIpc) is 2.41. The molecule has 0 atom stereocenters. The molecule has 0 bridgehead atoms. The predicted molar refractivity (Wildman–Crippen MR) is 76.7 cm³/mol. The third-order valence-electron chi connectivity index (χ3n) is 2.75. The molecule has 0 unspecified atom stereocenters. The molecule has 1 amide bonds. The van der Waals surface area contributed by atoms with Crippen LogP contribution in [0.25, 0.3) is 0 Å². The van der Waals surface area contributed by atoms with Crippen molar-refractivity contribution in [2.45, 2.75) is 13.8 Å². The average molecular weight is 347 g/mol. The van der Waals surface area contributed by atoms with E-state index < -0.39 is 11.8 Å². The number of likely N-dealkylation sites (N-methyl/N-ethyl adjacent to an activating group) is 1. The highest BCUT2D eigenvalue weighted by molar-refractivity contribution is 9.10. The smallest absolute Gasteiger partial charge is 0.339 e. The number of hydrogen-bond donors (Lipinski definition) is 1. The van der Waals surface area contributed by atoms with Gasteiger partial charge in [-0.1, -0.05) is 0 Å². The number of anilines is 1. The topological polar surface area (TPSA) is 72.6 Å². The molecule has 20 heavy (non-hydrogen) atoms. The van der Waals surface area contributed by atoms with Gasteiger partial charge in [0.15, 0.2) is 6.61 Å². The van der Waals surface area contributed by atoms with Crippen molar-refractivity contribution in [2.75, 3.05) is 25.4 Å². The van der Waals surface area contributed by atoms with Crippen molar-refractivity contribution in [1.82, 2.24) is 4.90 Å². The number of amides is 1. The summed E-state index contributed by atoms with van der Waals surface area (Å²) in [5.74, 6) is -1.65. The lowest BCUT2D eigenvalue weighted by molar-refractivity contribution is -0.134. The third kappa shape index (κ3) is 3.93. The summed E-state index contributed by atoms with van der Waals surface area (Å²) >= 11 is 3.05. The first-order valence-electron chi connectivity index (χ1n) is 6.10. The second-order valence-electron chi connectivity index (χ2n) is 4.00. The minimum Gasteiger partial charge on any atom is -0.452 e. The molecule has 1 aromatic rings. The first-order chi connectivity index (χ1) is 9.40. The number of nitrogens with two attached hydrogens (primary N) is 1. The SMILES string of the molecule is CCN(CC)C(=O)COC(=O)c1cc(N)c(F)cc1Br. The van der Waals surface area contributed by atoms with Gasteiger partial charge in [-0.3, -0.25) is 4.79 Å². The Hall–Kier alpha value is -1.63. The van der Waals surface area contributed by atoms with Crippen LogP contribution >= 0.6 is 15.9 Å². The van der Waals surface area contributed by atoms with Crippen LogP contribution in [0.1, 0.15) is 24.2 Å². The van der Waals surface area contributed by atoms with Gasteiger partial charge in [0.1, 0.15) is 5.82 Å². The van der Waals surface area contributed by atoms with Gasteiger partial charge in [0.25, 0.3) is 5.91 Å². The molecule has 0 saturated carbocycles. The van der Waals surface area contributed by atoms with Crippen LogP contribution in [0.15, 0.2) is 16.6 Å². The van der Waals surface area contributed by atoms with Crippen molar-refractivity contribution >= 4 is 33.5 Å². The largest absolute Gasteiger partial charge is 0.452 e. The Bertz CT molecular complexity index is 519. The molecule has 1 aromatic carbocycles. The van der Waals surface area contributed by atoms with E-state index in [-0.39, 0.29) is 28.2 Å². The molecule has 0 heterocycles. The van der Waals surface area contributed by atoms with E-state index >= 15 is 0 Å². The van der Waals surface area contributed by atoms with Gasteiger partial charge < -0.3 is 15.4 Å². The molecule has 110 valence electrons. The van der Waals surface area contributed by atoms with Gasteiger partial charge in [0.05, 0.1) is 11.3 Å². The number of carbonyl (C=O) groups is 2. The molecule has 0 aromatic heterocycles. The Morgan fingerprint density at radius 2 is 1.95 bits per heavy atom. The molecule has 0 aliphatic heterocycles. The maximum absolute atomic E-state index is 13.2. The summed E-state index contributed by atoms with van der Waals surface area (Å²) in [6.07, 6.45) is 0. The summed E-state index contributed by atoms with van der Waals surface area (Å²) in [7, 11) is 0. The third-order valence-corrected chi connectivity index (χ3v) is 3.41. The summed E-state index contributed by atoms with van der Waals surface area (Å²) in [4.78, 5) is 25.1. The number of nitrogen functional groups attached to an aromatic ring is 1. The van der Waals surface area contributed by atoms with Crippen LogP contribution in [0.2, 0.25) is 0 Å². The second-order valence-corrected chi connectivity index (χ2v) is 4.85. The summed E-state index contributed by atoms with van der Waals surface area (Å²) in [6.45, 7) is 4.39. The lowest BCUT2D eigenvalue weighted by atomic mass is 10.2. The Labute approximate surface area is 125 Å². The zero-order valence-electron chi connectivity index (χ0n) is 11.3. The van der Waals surface area contributed by atoms with Crippen LogP contribution < -0.4 is 5.73 Å². The molecule has 0 fully saturated rings. The van der Waals surface area contributed by atoms with E-state index in [1.807, 2.05) is 13.8 Å². The molecular formula is C13H16BrFN2O3. The lowest BCUT2D eigenvalue weighted by Gasteiger charge is -2.18. The van der Waals surface area contributed by atoms with Gasteiger partial charge in [-0.2, -0.15) is 0 Å². The first-order valence-corrected chi connectivity index (χ1v) is 6.89. The number of nitrogens with zero attached hydrogens (tertiary/aromatic N) is 1. The Morgan fingerprint density at radius 3 is 2.50 bits per heavy atom. The van der Waals surface area contributed by atoms with Crippen molar-refractivity contribution in [3.05, 3.63) is 28.0 Å². The molecule has 5 nitrogen and oxygen atoms in total. The van der Waals surface area contributed by atoms with Crippen molar-refractivity contribution in [1.29, 1.82) is 0 Å².